The third-order valence-electron chi connectivity index (χ3n) is 2.64. The van der Waals surface area contributed by atoms with E-state index in [0.717, 1.165) is 29.5 Å². The topological polar surface area (TPSA) is 55.6 Å². The molecule has 96 valence electrons. The third-order valence-corrected chi connectivity index (χ3v) is 3.27. The van der Waals surface area contributed by atoms with Gasteiger partial charge < -0.3 is 5.32 Å². The number of hydrogen-bond donors (Lipinski definition) is 1. The van der Waals surface area contributed by atoms with Gasteiger partial charge in [0.25, 0.3) is 0 Å². The smallest absolute Gasteiger partial charge is 0.148 e. The van der Waals surface area contributed by atoms with E-state index in [4.69, 9.17) is 0 Å². The maximum Gasteiger partial charge on any atom is 0.148 e. The van der Waals surface area contributed by atoms with E-state index in [1.165, 1.54) is 5.56 Å². The summed E-state index contributed by atoms with van der Waals surface area (Å²) in [5.74, 6) is 0.790. The van der Waals surface area contributed by atoms with Crippen molar-refractivity contribution < 1.29 is 0 Å². The molecule has 2 aromatic heterocycles. The molecule has 0 spiro atoms. The first-order chi connectivity index (χ1) is 8.72. The molecule has 2 heterocycles. The number of hydrogen-bond acceptors (Lipinski definition) is 5. The SMILES string of the molecule is CCc1nn(C)cc1CNc1ccc(SC)nn1. The fraction of sp³-hybridized carbons (Fsp3) is 0.417. The Balaban J connectivity index is 2.01. The van der Waals surface area contributed by atoms with Crippen LogP contribution in [0.3, 0.4) is 0 Å². The van der Waals surface area contributed by atoms with Crippen molar-refractivity contribution >= 4 is 17.6 Å². The fourth-order valence-corrected chi connectivity index (χ4v) is 2.06. The molecule has 0 saturated carbocycles. The minimum atomic E-state index is 0.726. The molecule has 0 aliphatic heterocycles. The highest BCUT2D eigenvalue weighted by Crippen LogP contribution is 2.13. The minimum Gasteiger partial charge on any atom is -0.364 e. The van der Waals surface area contributed by atoms with Gasteiger partial charge in [-0.1, -0.05) is 6.92 Å². The highest BCUT2D eigenvalue weighted by atomic mass is 32.2. The van der Waals surface area contributed by atoms with Crippen molar-refractivity contribution in [2.75, 3.05) is 11.6 Å². The fourth-order valence-electron chi connectivity index (χ4n) is 1.74. The Hall–Kier alpha value is -1.56. The van der Waals surface area contributed by atoms with E-state index in [2.05, 4.69) is 27.5 Å². The van der Waals surface area contributed by atoms with Gasteiger partial charge in [-0.25, -0.2) is 0 Å². The van der Waals surface area contributed by atoms with Crippen LogP contribution in [0.4, 0.5) is 5.82 Å². The molecule has 0 aliphatic rings. The van der Waals surface area contributed by atoms with Gasteiger partial charge in [0.15, 0.2) is 0 Å². The second-order valence-corrected chi connectivity index (χ2v) is 4.77. The zero-order valence-electron chi connectivity index (χ0n) is 10.8. The normalized spacial score (nSPS) is 10.6. The summed E-state index contributed by atoms with van der Waals surface area (Å²) in [4.78, 5) is 0. The molecule has 0 aliphatic carbocycles. The van der Waals surface area contributed by atoms with Crippen molar-refractivity contribution in [1.82, 2.24) is 20.0 Å². The number of anilines is 1. The molecule has 2 rings (SSSR count). The third kappa shape index (κ3) is 3.01. The highest BCUT2D eigenvalue weighted by Gasteiger charge is 2.05. The number of aromatic nitrogens is 4. The van der Waals surface area contributed by atoms with Crippen LogP contribution in [0.25, 0.3) is 0 Å². The van der Waals surface area contributed by atoms with E-state index in [1.807, 2.05) is 36.3 Å². The highest BCUT2D eigenvalue weighted by molar-refractivity contribution is 7.98. The van der Waals surface area contributed by atoms with Crippen LogP contribution in [0.5, 0.6) is 0 Å². The molecule has 0 unspecified atom stereocenters. The van der Waals surface area contributed by atoms with Gasteiger partial charge in [0.2, 0.25) is 0 Å². The zero-order valence-corrected chi connectivity index (χ0v) is 11.7. The van der Waals surface area contributed by atoms with Gasteiger partial charge in [-0.3, -0.25) is 4.68 Å². The van der Waals surface area contributed by atoms with Crippen LogP contribution in [0.2, 0.25) is 0 Å². The standard InChI is InChI=1S/C12H17N5S/c1-4-10-9(8-17(2)16-10)7-13-11-5-6-12(18-3)15-14-11/h5-6,8H,4,7H2,1-3H3,(H,13,14). The van der Waals surface area contributed by atoms with Crippen LogP contribution in [-0.4, -0.2) is 26.2 Å². The van der Waals surface area contributed by atoms with Crippen molar-refractivity contribution in [1.29, 1.82) is 0 Å². The van der Waals surface area contributed by atoms with Gasteiger partial charge in [0.1, 0.15) is 10.8 Å². The second kappa shape index (κ2) is 5.86. The number of rotatable bonds is 5. The summed E-state index contributed by atoms with van der Waals surface area (Å²) in [6.45, 7) is 2.84. The van der Waals surface area contributed by atoms with Crippen LogP contribution in [0.1, 0.15) is 18.2 Å². The summed E-state index contributed by atoms with van der Waals surface area (Å²) in [6.07, 6.45) is 4.96. The molecule has 5 nitrogen and oxygen atoms in total. The van der Waals surface area contributed by atoms with Crippen LogP contribution >= 0.6 is 11.8 Å². The van der Waals surface area contributed by atoms with Crippen LogP contribution in [0.15, 0.2) is 23.4 Å². The molecule has 2 aromatic rings. The lowest BCUT2D eigenvalue weighted by molar-refractivity contribution is 0.746. The molecule has 0 saturated heterocycles. The number of aryl methyl sites for hydroxylation is 2. The minimum absolute atomic E-state index is 0.726. The predicted molar refractivity (Wildman–Crippen MR) is 73.7 cm³/mol. The summed E-state index contributed by atoms with van der Waals surface area (Å²) in [5, 5.41) is 16.8. The molecule has 6 heteroatoms. The molecule has 0 amide bonds. The predicted octanol–water partition coefficient (Wildman–Crippen LogP) is 2.11. The molecule has 18 heavy (non-hydrogen) atoms. The lowest BCUT2D eigenvalue weighted by Gasteiger charge is -2.04. The monoisotopic (exact) mass is 263 g/mol. The molecular formula is C12H17N5S. The van der Waals surface area contributed by atoms with Crippen LogP contribution < -0.4 is 5.32 Å². The molecule has 0 fully saturated rings. The largest absolute Gasteiger partial charge is 0.364 e. The summed E-state index contributed by atoms with van der Waals surface area (Å²) >= 11 is 1.59. The van der Waals surface area contributed by atoms with E-state index in [1.54, 1.807) is 11.8 Å². The summed E-state index contributed by atoms with van der Waals surface area (Å²) < 4.78 is 1.85. The molecule has 1 N–H and O–H groups in total. The van der Waals surface area contributed by atoms with Crippen LogP contribution in [-0.2, 0) is 20.0 Å². The summed E-state index contributed by atoms with van der Waals surface area (Å²) in [7, 11) is 1.94. The Morgan fingerprint density at radius 1 is 1.33 bits per heavy atom. The Bertz CT molecular complexity index is 506. The number of thioether (sulfide) groups is 1. The average Bonchev–Trinajstić information content (AvgIpc) is 2.77. The molecule has 0 radical (unpaired) electrons. The van der Waals surface area contributed by atoms with E-state index in [-0.39, 0.29) is 0 Å². The lowest BCUT2D eigenvalue weighted by atomic mass is 10.2. The van der Waals surface area contributed by atoms with Crippen molar-refractivity contribution in [3.05, 3.63) is 29.6 Å². The number of nitrogens with one attached hydrogen (secondary N) is 1. The maximum absolute atomic E-state index is 4.41. The summed E-state index contributed by atoms with van der Waals surface area (Å²) in [6, 6.07) is 3.91. The van der Waals surface area contributed by atoms with E-state index in [9.17, 15) is 0 Å². The quantitative estimate of drug-likeness (QED) is 0.837. The second-order valence-electron chi connectivity index (χ2n) is 3.94. The van der Waals surface area contributed by atoms with Crippen molar-refractivity contribution in [3.63, 3.8) is 0 Å². The molecular weight excluding hydrogens is 246 g/mol. The Morgan fingerprint density at radius 3 is 2.78 bits per heavy atom. The Kier molecular flexibility index (Phi) is 4.19. The van der Waals surface area contributed by atoms with Crippen molar-refractivity contribution in [2.45, 2.75) is 24.9 Å². The Labute approximate surface area is 111 Å². The van der Waals surface area contributed by atoms with Gasteiger partial charge in [-0.15, -0.1) is 22.0 Å². The van der Waals surface area contributed by atoms with Gasteiger partial charge in [0.05, 0.1) is 5.69 Å². The first-order valence-electron chi connectivity index (χ1n) is 5.86. The zero-order chi connectivity index (χ0) is 13.0. The van der Waals surface area contributed by atoms with Crippen molar-refractivity contribution in [3.8, 4) is 0 Å². The van der Waals surface area contributed by atoms with Crippen molar-refractivity contribution in [2.24, 2.45) is 7.05 Å². The van der Waals surface area contributed by atoms with Gasteiger partial charge in [-0.2, -0.15) is 5.10 Å². The molecule has 0 bridgehead atoms. The maximum atomic E-state index is 4.41. The van der Waals surface area contributed by atoms with E-state index in [0.29, 0.717) is 0 Å². The summed E-state index contributed by atoms with van der Waals surface area (Å²) in [5.41, 5.74) is 2.33. The van der Waals surface area contributed by atoms with Gasteiger partial charge >= 0.3 is 0 Å². The molecule has 0 atom stereocenters. The van der Waals surface area contributed by atoms with E-state index < -0.39 is 0 Å². The van der Waals surface area contributed by atoms with Gasteiger partial charge in [-0.05, 0) is 24.8 Å². The number of nitrogens with zero attached hydrogens (tertiary/aromatic N) is 4. The first kappa shape index (κ1) is 12.9. The van der Waals surface area contributed by atoms with Gasteiger partial charge in [0, 0.05) is 25.4 Å². The lowest BCUT2D eigenvalue weighted by Crippen LogP contribution is -2.03. The van der Waals surface area contributed by atoms with E-state index >= 15 is 0 Å². The molecule has 0 aromatic carbocycles. The average molecular weight is 263 g/mol. The van der Waals surface area contributed by atoms with Crippen LogP contribution in [0, 0.1) is 0 Å². The Morgan fingerprint density at radius 2 is 2.17 bits per heavy atom. The first-order valence-corrected chi connectivity index (χ1v) is 7.08.